The lowest BCUT2D eigenvalue weighted by atomic mass is 10.0. The van der Waals surface area contributed by atoms with Gasteiger partial charge in [-0.05, 0) is 27.7 Å². The number of hydrogen-bond donors (Lipinski definition) is 1. The Balaban J connectivity index is 1.79. The van der Waals surface area contributed by atoms with Crippen molar-refractivity contribution in [1.29, 1.82) is 0 Å². The van der Waals surface area contributed by atoms with Gasteiger partial charge in [-0.15, -0.1) is 10.2 Å². The van der Waals surface area contributed by atoms with E-state index in [-0.39, 0.29) is 18.2 Å². The summed E-state index contributed by atoms with van der Waals surface area (Å²) in [7, 11) is 0. The van der Waals surface area contributed by atoms with Gasteiger partial charge in [0.15, 0.2) is 11.0 Å². The molecular weight excluding hydrogens is 318 g/mol. The van der Waals surface area contributed by atoms with Gasteiger partial charge in [-0.25, -0.2) is 4.79 Å². The van der Waals surface area contributed by atoms with Crippen LogP contribution >= 0.6 is 11.6 Å². The lowest BCUT2D eigenvalue weighted by Gasteiger charge is -2.48. The number of ether oxygens (including phenoxy) is 1. The van der Waals surface area contributed by atoms with Crippen molar-refractivity contribution in [1.82, 2.24) is 15.1 Å². The first-order valence-corrected chi connectivity index (χ1v) is 8.16. The zero-order valence-electron chi connectivity index (χ0n) is 13.8. The quantitative estimate of drug-likeness (QED) is 0.782. The minimum absolute atomic E-state index is 0.0407. The van der Waals surface area contributed by atoms with E-state index in [4.69, 9.17) is 16.3 Å². The second-order valence-electron chi connectivity index (χ2n) is 7.07. The Morgan fingerprint density at radius 1 is 1.39 bits per heavy atom. The number of fused-ring (bicyclic) bond motifs is 3. The fraction of sp³-hybridized carbons (Fsp3) is 0.667. The summed E-state index contributed by atoms with van der Waals surface area (Å²) in [5.41, 5.74) is 0.450. The van der Waals surface area contributed by atoms with Crippen LogP contribution in [0.25, 0.3) is 0 Å². The molecule has 2 aliphatic rings. The van der Waals surface area contributed by atoms with Crippen molar-refractivity contribution in [3.05, 3.63) is 11.2 Å². The molecule has 23 heavy (non-hydrogen) atoms. The molecule has 2 unspecified atom stereocenters. The first-order chi connectivity index (χ1) is 10.7. The van der Waals surface area contributed by atoms with Gasteiger partial charge >= 0.3 is 6.09 Å². The van der Waals surface area contributed by atoms with E-state index in [0.29, 0.717) is 24.8 Å². The number of carbonyl (C=O) groups excluding carboxylic acids is 1. The molecule has 1 aromatic heterocycles. The van der Waals surface area contributed by atoms with Gasteiger partial charge in [0.2, 0.25) is 0 Å². The van der Waals surface area contributed by atoms with Crippen molar-refractivity contribution >= 4 is 29.2 Å². The molecule has 3 heterocycles. The summed E-state index contributed by atoms with van der Waals surface area (Å²) in [6, 6.07) is 2.02. The van der Waals surface area contributed by atoms with E-state index in [9.17, 15) is 4.79 Å². The summed E-state index contributed by atoms with van der Waals surface area (Å²) in [6.07, 6.45) is -0.263. The first kappa shape index (κ1) is 16.1. The summed E-state index contributed by atoms with van der Waals surface area (Å²) >= 11 is 5.98. The van der Waals surface area contributed by atoms with Crippen LogP contribution in [-0.2, 0) is 4.74 Å². The molecule has 126 valence electrons. The van der Waals surface area contributed by atoms with Crippen LogP contribution in [0.15, 0.2) is 6.07 Å². The van der Waals surface area contributed by atoms with Gasteiger partial charge in [-0.2, -0.15) is 0 Å². The van der Waals surface area contributed by atoms with Crippen molar-refractivity contribution in [2.45, 2.75) is 45.4 Å². The predicted molar refractivity (Wildman–Crippen MR) is 89.1 cm³/mol. The highest BCUT2D eigenvalue weighted by Crippen LogP contribution is 2.34. The number of halogens is 1. The topological polar surface area (TPSA) is 70.6 Å². The minimum atomic E-state index is -0.492. The summed E-state index contributed by atoms with van der Waals surface area (Å²) in [4.78, 5) is 16.5. The van der Waals surface area contributed by atoms with Crippen LogP contribution in [0, 0.1) is 0 Å². The number of aromatic nitrogens is 2. The Labute approximate surface area is 140 Å². The minimum Gasteiger partial charge on any atom is -0.444 e. The molecule has 7 nitrogen and oxygen atoms in total. The number of nitrogens with one attached hydrogen (secondary N) is 1. The van der Waals surface area contributed by atoms with Crippen molar-refractivity contribution in [2.24, 2.45) is 0 Å². The largest absolute Gasteiger partial charge is 0.444 e. The van der Waals surface area contributed by atoms with E-state index in [0.717, 1.165) is 11.5 Å². The molecule has 0 radical (unpaired) electrons. The van der Waals surface area contributed by atoms with Gasteiger partial charge in [-0.1, -0.05) is 11.6 Å². The molecule has 2 aliphatic heterocycles. The third-order valence-corrected chi connectivity index (χ3v) is 4.21. The highest BCUT2D eigenvalue weighted by atomic mass is 35.5. The molecule has 0 saturated carbocycles. The van der Waals surface area contributed by atoms with Gasteiger partial charge in [0.05, 0.1) is 11.7 Å². The van der Waals surface area contributed by atoms with Crippen molar-refractivity contribution in [3.8, 4) is 0 Å². The number of anilines is 2. The van der Waals surface area contributed by atoms with Crippen molar-refractivity contribution in [2.75, 3.05) is 29.9 Å². The van der Waals surface area contributed by atoms with Crippen LogP contribution in [0.1, 0.15) is 27.7 Å². The Bertz CT molecular complexity index is 618. The summed E-state index contributed by atoms with van der Waals surface area (Å²) in [5, 5.41) is 11.6. The summed E-state index contributed by atoms with van der Waals surface area (Å²) in [6.45, 7) is 9.68. The highest BCUT2D eigenvalue weighted by molar-refractivity contribution is 6.29. The molecule has 2 atom stereocenters. The van der Waals surface area contributed by atoms with Crippen LogP contribution < -0.4 is 10.2 Å². The number of amides is 1. The molecule has 1 amide bonds. The van der Waals surface area contributed by atoms with E-state index < -0.39 is 5.60 Å². The highest BCUT2D eigenvalue weighted by Gasteiger charge is 2.39. The number of piperazine rings is 1. The van der Waals surface area contributed by atoms with E-state index in [2.05, 4.69) is 20.4 Å². The standard InChI is InChI=1S/C15H22ClN5O2/c1-9-7-21-10(8-20(9)14(22)23-15(2,3)4)6-17-13-11(21)5-12(16)18-19-13/h5,9-10H,6-8H2,1-4H3,(H,17,19). The van der Waals surface area contributed by atoms with Crippen molar-refractivity contribution in [3.63, 3.8) is 0 Å². The zero-order chi connectivity index (χ0) is 16.8. The molecule has 0 bridgehead atoms. The Kier molecular flexibility index (Phi) is 4.00. The average Bonchev–Trinajstić information content (AvgIpc) is 2.44. The van der Waals surface area contributed by atoms with Gasteiger partial charge in [-0.3, -0.25) is 0 Å². The third kappa shape index (κ3) is 3.29. The number of carbonyl (C=O) groups is 1. The molecule has 1 fully saturated rings. The van der Waals surface area contributed by atoms with Crippen LogP contribution in [0.2, 0.25) is 5.15 Å². The molecule has 0 aromatic carbocycles. The van der Waals surface area contributed by atoms with E-state index in [1.807, 2.05) is 33.8 Å². The normalized spacial score (nSPS) is 23.7. The van der Waals surface area contributed by atoms with Crippen molar-refractivity contribution < 1.29 is 9.53 Å². The summed E-state index contributed by atoms with van der Waals surface area (Å²) < 4.78 is 5.52. The van der Waals surface area contributed by atoms with E-state index in [1.165, 1.54) is 0 Å². The number of hydrogen-bond acceptors (Lipinski definition) is 6. The summed E-state index contributed by atoms with van der Waals surface area (Å²) in [5.74, 6) is 0.739. The maximum Gasteiger partial charge on any atom is 0.410 e. The van der Waals surface area contributed by atoms with Gasteiger partial charge in [0.1, 0.15) is 5.60 Å². The molecular formula is C15H22ClN5O2. The lowest BCUT2D eigenvalue weighted by molar-refractivity contribution is 0.0127. The fourth-order valence-corrected chi connectivity index (χ4v) is 3.14. The number of nitrogens with zero attached hydrogens (tertiary/aromatic N) is 4. The molecule has 0 spiro atoms. The van der Waals surface area contributed by atoms with Crippen LogP contribution in [0.5, 0.6) is 0 Å². The molecule has 1 N–H and O–H groups in total. The second-order valence-corrected chi connectivity index (χ2v) is 7.46. The monoisotopic (exact) mass is 339 g/mol. The first-order valence-electron chi connectivity index (χ1n) is 7.78. The maximum atomic E-state index is 12.4. The van der Waals surface area contributed by atoms with Gasteiger partial charge in [0.25, 0.3) is 0 Å². The van der Waals surface area contributed by atoms with E-state index >= 15 is 0 Å². The van der Waals surface area contributed by atoms with Crippen LogP contribution in [0.4, 0.5) is 16.3 Å². The average molecular weight is 340 g/mol. The van der Waals surface area contributed by atoms with E-state index in [1.54, 1.807) is 4.90 Å². The molecule has 3 rings (SSSR count). The molecule has 0 aliphatic carbocycles. The van der Waals surface area contributed by atoms with Crippen LogP contribution in [-0.4, -0.2) is 58.5 Å². The predicted octanol–water partition coefficient (Wildman–Crippen LogP) is 2.37. The van der Waals surface area contributed by atoms with Gasteiger partial charge in [0, 0.05) is 31.7 Å². The maximum absolute atomic E-state index is 12.4. The second kappa shape index (κ2) is 5.70. The molecule has 1 aromatic rings. The van der Waals surface area contributed by atoms with Gasteiger partial charge < -0.3 is 19.9 Å². The lowest BCUT2D eigenvalue weighted by Crippen LogP contribution is -2.62. The zero-order valence-corrected chi connectivity index (χ0v) is 14.6. The van der Waals surface area contributed by atoms with Crippen LogP contribution in [0.3, 0.4) is 0 Å². The smallest absolute Gasteiger partial charge is 0.410 e. The fourth-order valence-electron chi connectivity index (χ4n) is 3.00. The Hall–Kier alpha value is -1.76. The SMILES string of the molecule is CC1CN2c3cc(Cl)nnc3NCC2CN1C(=O)OC(C)(C)C. The third-order valence-electron chi connectivity index (χ3n) is 4.03. The Morgan fingerprint density at radius 3 is 2.83 bits per heavy atom. The molecule has 1 saturated heterocycles. The Morgan fingerprint density at radius 2 is 2.13 bits per heavy atom. The number of rotatable bonds is 0. The molecule has 8 heteroatoms.